The Bertz CT molecular complexity index is 406. The van der Waals surface area contributed by atoms with Crippen molar-refractivity contribution in [1.29, 1.82) is 0 Å². The average Bonchev–Trinajstić information content (AvgIpc) is 2.35. The molecule has 0 N–H and O–H groups in total. The summed E-state index contributed by atoms with van der Waals surface area (Å²) in [6.07, 6.45) is 5.69. The van der Waals surface area contributed by atoms with E-state index < -0.39 is 0 Å². The third-order valence-electron chi connectivity index (χ3n) is 3.55. The topological polar surface area (TPSA) is 0 Å². The van der Waals surface area contributed by atoms with Crippen molar-refractivity contribution in [3.63, 3.8) is 0 Å². The standard InChI is InChI=1S/C18H26/c1-6-17-9-11-18(12-10-17)8-7-15(4)16(5)13-14(2)3/h9-13,15H,2,6-8H2,1,3-5H3/b16-13-. The Morgan fingerprint density at radius 2 is 1.72 bits per heavy atom. The Hall–Kier alpha value is -1.30. The molecule has 0 aliphatic heterocycles. The molecule has 0 nitrogen and oxygen atoms in total. The first-order valence-electron chi connectivity index (χ1n) is 6.94. The van der Waals surface area contributed by atoms with Gasteiger partial charge in [0.2, 0.25) is 0 Å². The molecule has 0 fully saturated rings. The largest absolute Gasteiger partial charge is 0.0961 e. The molecule has 0 aromatic heterocycles. The van der Waals surface area contributed by atoms with E-state index in [1.807, 2.05) is 0 Å². The summed E-state index contributed by atoms with van der Waals surface area (Å²) in [6.45, 7) is 12.7. The highest BCUT2D eigenvalue weighted by Gasteiger charge is 2.04. The normalized spacial score (nSPS) is 13.4. The maximum Gasteiger partial charge on any atom is -0.0228 e. The van der Waals surface area contributed by atoms with Crippen molar-refractivity contribution in [1.82, 2.24) is 0 Å². The first-order chi connectivity index (χ1) is 8.52. The number of hydrogen-bond acceptors (Lipinski definition) is 0. The van der Waals surface area contributed by atoms with Crippen LogP contribution in [0.5, 0.6) is 0 Å². The van der Waals surface area contributed by atoms with Gasteiger partial charge >= 0.3 is 0 Å². The van der Waals surface area contributed by atoms with Crippen molar-refractivity contribution in [2.24, 2.45) is 5.92 Å². The highest BCUT2D eigenvalue weighted by Crippen LogP contribution is 2.18. The van der Waals surface area contributed by atoms with Gasteiger partial charge in [0.15, 0.2) is 0 Å². The molecule has 1 aromatic carbocycles. The van der Waals surface area contributed by atoms with Gasteiger partial charge < -0.3 is 0 Å². The van der Waals surface area contributed by atoms with Crippen molar-refractivity contribution in [2.75, 3.05) is 0 Å². The fraction of sp³-hybridized carbons (Fsp3) is 0.444. The van der Waals surface area contributed by atoms with Crippen molar-refractivity contribution in [2.45, 2.75) is 47.0 Å². The summed E-state index contributed by atoms with van der Waals surface area (Å²) in [5.41, 5.74) is 5.45. The van der Waals surface area contributed by atoms with Gasteiger partial charge in [0.05, 0.1) is 0 Å². The summed E-state index contributed by atoms with van der Waals surface area (Å²) in [5, 5.41) is 0. The van der Waals surface area contributed by atoms with Crippen molar-refractivity contribution >= 4 is 0 Å². The highest BCUT2D eigenvalue weighted by molar-refractivity contribution is 5.23. The average molecular weight is 242 g/mol. The van der Waals surface area contributed by atoms with Gasteiger partial charge in [0.25, 0.3) is 0 Å². The van der Waals surface area contributed by atoms with Crippen LogP contribution in [-0.2, 0) is 12.8 Å². The van der Waals surface area contributed by atoms with Crippen molar-refractivity contribution in [3.05, 3.63) is 59.2 Å². The zero-order valence-corrected chi connectivity index (χ0v) is 12.3. The number of hydrogen-bond donors (Lipinski definition) is 0. The molecule has 1 rings (SSSR count). The van der Waals surface area contributed by atoms with Gasteiger partial charge in [0, 0.05) is 0 Å². The molecule has 18 heavy (non-hydrogen) atoms. The molecule has 0 aliphatic rings. The van der Waals surface area contributed by atoms with Crippen LogP contribution >= 0.6 is 0 Å². The van der Waals surface area contributed by atoms with E-state index in [0.717, 1.165) is 18.4 Å². The summed E-state index contributed by atoms with van der Waals surface area (Å²) in [5.74, 6) is 0.632. The van der Waals surface area contributed by atoms with Crippen LogP contribution < -0.4 is 0 Å². The maximum absolute atomic E-state index is 3.94. The maximum atomic E-state index is 3.94. The lowest BCUT2D eigenvalue weighted by Gasteiger charge is -2.12. The minimum atomic E-state index is 0.632. The number of aryl methyl sites for hydroxylation is 2. The number of benzene rings is 1. The van der Waals surface area contributed by atoms with Gasteiger partial charge in [-0.1, -0.05) is 61.9 Å². The molecule has 0 heterocycles. The molecule has 0 aliphatic carbocycles. The predicted molar refractivity (Wildman–Crippen MR) is 81.9 cm³/mol. The van der Waals surface area contributed by atoms with Gasteiger partial charge in [-0.15, -0.1) is 0 Å². The quantitative estimate of drug-likeness (QED) is 0.591. The second-order valence-electron chi connectivity index (χ2n) is 5.34. The first-order valence-corrected chi connectivity index (χ1v) is 6.94. The Balaban J connectivity index is 2.51. The lowest BCUT2D eigenvalue weighted by molar-refractivity contribution is 0.612. The Morgan fingerprint density at radius 3 is 2.22 bits per heavy atom. The van der Waals surface area contributed by atoms with E-state index in [9.17, 15) is 0 Å². The van der Waals surface area contributed by atoms with Crippen LogP contribution in [0.25, 0.3) is 0 Å². The van der Waals surface area contributed by atoms with Crippen LogP contribution in [0, 0.1) is 5.92 Å². The SMILES string of the molecule is C=C(C)/C=C(/C)C(C)CCc1ccc(CC)cc1. The molecule has 0 bridgehead atoms. The molecular formula is C18H26. The van der Waals surface area contributed by atoms with Gasteiger partial charge in [-0.05, 0) is 50.2 Å². The van der Waals surface area contributed by atoms with E-state index in [-0.39, 0.29) is 0 Å². The van der Waals surface area contributed by atoms with E-state index in [1.165, 1.54) is 23.1 Å². The molecule has 0 spiro atoms. The predicted octanol–water partition coefficient (Wildman–Crippen LogP) is 5.34. The molecule has 1 aromatic rings. The zero-order valence-electron chi connectivity index (χ0n) is 12.3. The Kier molecular flexibility index (Phi) is 5.91. The second kappa shape index (κ2) is 7.20. The Morgan fingerprint density at radius 1 is 1.17 bits per heavy atom. The van der Waals surface area contributed by atoms with Crippen LogP contribution in [0.2, 0.25) is 0 Å². The van der Waals surface area contributed by atoms with Crippen LogP contribution in [0.1, 0.15) is 45.2 Å². The molecule has 0 saturated carbocycles. The smallest absolute Gasteiger partial charge is 0.0228 e. The van der Waals surface area contributed by atoms with E-state index in [0.29, 0.717) is 5.92 Å². The van der Waals surface area contributed by atoms with Gasteiger partial charge in [-0.3, -0.25) is 0 Å². The molecule has 0 saturated heterocycles. The lowest BCUT2D eigenvalue weighted by Crippen LogP contribution is -1.99. The number of rotatable bonds is 6. The summed E-state index contributed by atoms with van der Waals surface area (Å²) in [4.78, 5) is 0. The van der Waals surface area contributed by atoms with Gasteiger partial charge in [-0.25, -0.2) is 0 Å². The van der Waals surface area contributed by atoms with Crippen LogP contribution in [0.3, 0.4) is 0 Å². The van der Waals surface area contributed by atoms with Gasteiger partial charge in [-0.2, -0.15) is 0 Å². The molecule has 1 atom stereocenters. The Labute approximate surface area is 112 Å². The van der Waals surface area contributed by atoms with Crippen LogP contribution in [0.15, 0.2) is 48.1 Å². The molecule has 0 heteroatoms. The summed E-state index contributed by atoms with van der Waals surface area (Å²) in [7, 11) is 0. The molecule has 0 radical (unpaired) electrons. The summed E-state index contributed by atoms with van der Waals surface area (Å²) < 4.78 is 0. The zero-order chi connectivity index (χ0) is 13.5. The van der Waals surface area contributed by atoms with E-state index in [1.54, 1.807) is 0 Å². The van der Waals surface area contributed by atoms with E-state index in [4.69, 9.17) is 0 Å². The third-order valence-corrected chi connectivity index (χ3v) is 3.55. The minimum Gasteiger partial charge on any atom is -0.0961 e. The van der Waals surface area contributed by atoms with E-state index in [2.05, 4.69) is 64.6 Å². The minimum absolute atomic E-state index is 0.632. The van der Waals surface area contributed by atoms with Crippen LogP contribution in [-0.4, -0.2) is 0 Å². The van der Waals surface area contributed by atoms with E-state index >= 15 is 0 Å². The fourth-order valence-electron chi connectivity index (χ4n) is 2.08. The summed E-state index contributed by atoms with van der Waals surface area (Å²) >= 11 is 0. The molecule has 98 valence electrons. The molecular weight excluding hydrogens is 216 g/mol. The third kappa shape index (κ3) is 4.91. The lowest BCUT2D eigenvalue weighted by atomic mass is 9.93. The van der Waals surface area contributed by atoms with Crippen LogP contribution in [0.4, 0.5) is 0 Å². The summed E-state index contributed by atoms with van der Waals surface area (Å²) in [6, 6.07) is 9.03. The highest BCUT2D eigenvalue weighted by atomic mass is 14.1. The molecule has 0 amide bonds. The second-order valence-corrected chi connectivity index (χ2v) is 5.34. The monoisotopic (exact) mass is 242 g/mol. The fourth-order valence-corrected chi connectivity index (χ4v) is 2.08. The number of allylic oxidation sites excluding steroid dienone is 3. The van der Waals surface area contributed by atoms with Crippen molar-refractivity contribution < 1.29 is 0 Å². The molecule has 1 unspecified atom stereocenters. The van der Waals surface area contributed by atoms with Gasteiger partial charge in [0.1, 0.15) is 0 Å². The first kappa shape index (κ1) is 14.8. The van der Waals surface area contributed by atoms with Crippen molar-refractivity contribution in [3.8, 4) is 0 Å².